The third kappa shape index (κ3) is 4.45. The summed E-state index contributed by atoms with van der Waals surface area (Å²) in [5.74, 6) is -0.178. The first-order chi connectivity index (χ1) is 12.5. The molecule has 8 heteroatoms. The fourth-order valence-electron chi connectivity index (χ4n) is 4.32. The second-order valence-electron chi connectivity index (χ2n) is 9.10. The summed E-state index contributed by atoms with van der Waals surface area (Å²) in [6.45, 7) is 19.4. The SMILES string of the molecule is CO[Si](OC)(OC)C(C)(C)C(C)(C)C(C)(C)N(C(C)=O)C(C)C(C)NC(C)=O. The molecule has 2 unspecified atom stereocenters. The van der Waals surface area contributed by atoms with Crippen molar-refractivity contribution in [3.8, 4) is 0 Å². The van der Waals surface area contributed by atoms with E-state index in [0.717, 1.165) is 0 Å². The van der Waals surface area contributed by atoms with Crippen molar-refractivity contribution in [2.45, 2.75) is 91.9 Å². The van der Waals surface area contributed by atoms with E-state index in [0.29, 0.717) is 0 Å². The highest BCUT2D eigenvalue weighted by atomic mass is 28.4. The van der Waals surface area contributed by atoms with Crippen LogP contribution in [-0.2, 0) is 22.9 Å². The maximum Gasteiger partial charge on any atom is 0.506 e. The second-order valence-corrected chi connectivity index (χ2v) is 12.7. The summed E-state index contributed by atoms with van der Waals surface area (Å²) in [5.41, 5.74) is -1.09. The Morgan fingerprint density at radius 2 is 1.29 bits per heavy atom. The minimum atomic E-state index is -3.07. The molecule has 0 saturated carbocycles. The Balaban J connectivity index is 6.38. The van der Waals surface area contributed by atoms with Crippen LogP contribution in [0.2, 0.25) is 5.04 Å². The van der Waals surface area contributed by atoms with Gasteiger partial charge in [0.05, 0.1) is 0 Å². The molecule has 0 aromatic carbocycles. The summed E-state index contributed by atoms with van der Waals surface area (Å²) in [6.07, 6.45) is 0. The van der Waals surface area contributed by atoms with Crippen molar-refractivity contribution in [1.29, 1.82) is 0 Å². The number of carbonyl (C=O) groups excluding carboxylic acids is 2. The van der Waals surface area contributed by atoms with Gasteiger partial charge in [0.1, 0.15) is 0 Å². The number of hydrogen-bond acceptors (Lipinski definition) is 5. The standard InChI is InChI=1S/C20H42N2O5Si/c1-14(21-16(3)23)15(2)22(17(4)24)19(7,8)18(5,6)20(9,10)28(25-11,26-12)27-13/h14-15H,1-13H3,(H,21,23). The van der Waals surface area contributed by atoms with E-state index in [1.165, 1.54) is 6.92 Å². The van der Waals surface area contributed by atoms with Gasteiger partial charge in [-0.25, -0.2) is 0 Å². The van der Waals surface area contributed by atoms with Crippen LogP contribution < -0.4 is 5.32 Å². The number of rotatable bonds is 10. The maximum atomic E-state index is 12.8. The molecular formula is C20H42N2O5Si. The normalized spacial score (nSPS) is 15.8. The lowest BCUT2D eigenvalue weighted by Crippen LogP contribution is -2.69. The van der Waals surface area contributed by atoms with Crippen molar-refractivity contribution in [3.05, 3.63) is 0 Å². The first kappa shape index (κ1) is 27.0. The Hall–Kier alpha value is -0.963. The first-order valence-electron chi connectivity index (χ1n) is 9.73. The van der Waals surface area contributed by atoms with Crippen LogP contribution in [0.3, 0.4) is 0 Å². The number of nitrogens with zero attached hydrogens (tertiary/aromatic N) is 1. The van der Waals surface area contributed by atoms with E-state index in [2.05, 4.69) is 33.0 Å². The Morgan fingerprint density at radius 1 is 0.893 bits per heavy atom. The van der Waals surface area contributed by atoms with Crippen molar-refractivity contribution in [2.75, 3.05) is 21.3 Å². The van der Waals surface area contributed by atoms with Gasteiger partial charge in [-0.05, 0) is 33.1 Å². The third-order valence-electron chi connectivity index (χ3n) is 7.17. The smallest absolute Gasteiger partial charge is 0.377 e. The van der Waals surface area contributed by atoms with Crippen molar-refractivity contribution >= 4 is 20.6 Å². The number of amides is 2. The molecule has 0 spiro atoms. The quantitative estimate of drug-likeness (QED) is 0.551. The van der Waals surface area contributed by atoms with Crippen LogP contribution in [0.5, 0.6) is 0 Å². The molecule has 0 saturated heterocycles. The molecule has 0 aliphatic heterocycles. The average Bonchev–Trinajstić information content (AvgIpc) is 2.55. The average molecular weight is 419 g/mol. The zero-order valence-corrected chi connectivity index (χ0v) is 21.1. The van der Waals surface area contributed by atoms with Crippen molar-refractivity contribution < 1.29 is 22.9 Å². The molecule has 0 fully saturated rings. The van der Waals surface area contributed by atoms with Crippen LogP contribution in [0.15, 0.2) is 0 Å². The van der Waals surface area contributed by atoms with Crippen LogP contribution in [-0.4, -0.2) is 64.5 Å². The fourth-order valence-corrected chi connectivity index (χ4v) is 7.42. The molecule has 7 nitrogen and oxygen atoms in total. The highest BCUT2D eigenvalue weighted by Gasteiger charge is 2.66. The Bertz CT molecular complexity index is 551. The minimum absolute atomic E-state index is 0.0573. The lowest BCUT2D eigenvalue weighted by Gasteiger charge is -2.60. The Morgan fingerprint density at radius 3 is 1.57 bits per heavy atom. The molecule has 0 aliphatic rings. The summed E-state index contributed by atoms with van der Waals surface area (Å²) in [5, 5.41) is 2.37. The molecule has 166 valence electrons. The fraction of sp³-hybridized carbons (Fsp3) is 0.900. The Labute approximate surface area is 172 Å². The van der Waals surface area contributed by atoms with Gasteiger partial charge in [-0.1, -0.05) is 27.7 Å². The lowest BCUT2D eigenvalue weighted by molar-refractivity contribution is -0.147. The van der Waals surface area contributed by atoms with E-state index >= 15 is 0 Å². The van der Waals surface area contributed by atoms with Crippen LogP contribution in [0.1, 0.15) is 69.2 Å². The van der Waals surface area contributed by atoms with E-state index in [1.54, 1.807) is 28.3 Å². The molecule has 0 aliphatic carbocycles. The van der Waals surface area contributed by atoms with Gasteiger partial charge in [-0.15, -0.1) is 0 Å². The Kier molecular flexibility index (Phi) is 8.92. The second kappa shape index (κ2) is 9.24. The van der Waals surface area contributed by atoms with Gasteiger partial charge in [0.15, 0.2) is 0 Å². The van der Waals surface area contributed by atoms with Crippen molar-refractivity contribution in [2.24, 2.45) is 5.41 Å². The third-order valence-corrected chi connectivity index (χ3v) is 10.9. The van der Waals surface area contributed by atoms with E-state index < -0.39 is 24.8 Å². The summed E-state index contributed by atoms with van der Waals surface area (Å²) in [4.78, 5) is 26.2. The van der Waals surface area contributed by atoms with Gasteiger partial charge < -0.3 is 23.5 Å². The van der Waals surface area contributed by atoms with Crippen LogP contribution in [0.25, 0.3) is 0 Å². The van der Waals surface area contributed by atoms with Gasteiger partial charge >= 0.3 is 8.80 Å². The molecule has 2 atom stereocenters. The zero-order chi connectivity index (χ0) is 22.7. The molecule has 0 bridgehead atoms. The number of carbonyl (C=O) groups is 2. The van der Waals surface area contributed by atoms with Gasteiger partial charge in [0.25, 0.3) is 0 Å². The highest BCUT2D eigenvalue weighted by Crippen LogP contribution is 2.59. The van der Waals surface area contributed by atoms with Crippen LogP contribution in [0.4, 0.5) is 0 Å². The summed E-state index contributed by atoms with van der Waals surface area (Å²) in [6, 6.07) is -0.413. The lowest BCUT2D eigenvalue weighted by atomic mass is 9.65. The van der Waals surface area contributed by atoms with Crippen LogP contribution in [0, 0.1) is 5.41 Å². The van der Waals surface area contributed by atoms with Crippen molar-refractivity contribution in [3.63, 3.8) is 0 Å². The topological polar surface area (TPSA) is 77.1 Å². The summed E-state index contributed by atoms with van der Waals surface area (Å²) < 4.78 is 17.5. The molecule has 0 aromatic heterocycles. The van der Waals surface area contributed by atoms with Gasteiger partial charge in [-0.3, -0.25) is 9.59 Å². The molecular weight excluding hydrogens is 376 g/mol. The maximum absolute atomic E-state index is 12.8. The number of hydrogen-bond donors (Lipinski definition) is 1. The molecule has 1 N–H and O–H groups in total. The molecule has 0 aromatic rings. The monoisotopic (exact) mass is 418 g/mol. The van der Waals surface area contributed by atoms with Gasteiger partial charge in [0.2, 0.25) is 11.8 Å². The van der Waals surface area contributed by atoms with E-state index in [4.69, 9.17) is 13.3 Å². The van der Waals surface area contributed by atoms with E-state index in [-0.39, 0.29) is 23.9 Å². The van der Waals surface area contributed by atoms with Crippen molar-refractivity contribution in [1.82, 2.24) is 10.2 Å². The molecule has 28 heavy (non-hydrogen) atoms. The highest BCUT2D eigenvalue weighted by molar-refractivity contribution is 6.64. The van der Waals surface area contributed by atoms with E-state index in [1.807, 2.05) is 32.6 Å². The first-order valence-corrected chi connectivity index (χ1v) is 11.5. The molecule has 0 heterocycles. The minimum Gasteiger partial charge on any atom is -0.377 e. The summed E-state index contributed by atoms with van der Waals surface area (Å²) in [7, 11) is 1.75. The summed E-state index contributed by atoms with van der Waals surface area (Å²) >= 11 is 0. The largest absolute Gasteiger partial charge is 0.506 e. The molecule has 0 radical (unpaired) electrons. The predicted molar refractivity (Wildman–Crippen MR) is 114 cm³/mol. The predicted octanol–water partition coefficient (Wildman–Crippen LogP) is 3.21. The zero-order valence-electron chi connectivity index (χ0n) is 20.1. The molecule has 2 amide bonds. The number of nitrogens with one attached hydrogen (secondary N) is 1. The van der Waals surface area contributed by atoms with Gasteiger partial charge in [-0.2, -0.15) is 0 Å². The van der Waals surface area contributed by atoms with E-state index in [9.17, 15) is 9.59 Å². The van der Waals surface area contributed by atoms with Gasteiger partial charge in [0, 0.05) is 57.8 Å². The molecule has 0 rings (SSSR count). The van der Waals surface area contributed by atoms with Crippen LogP contribution >= 0.6 is 0 Å².